The normalized spacial score (nSPS) is 31.7. The zero-order valence-corrected chi connectivity index (χ0v) is 10.1. The van der Waals surface area contributed by atoms with E-state index in [1.54, 1.807) is 0 Å². The SMILES string of the molecule is CCN1CC(C)CN(C)CC1CNC. The third-order valence-corrected chi connectivity index (χ3v) is 3.05. The molecular formula is C11H25N3. The third kappa shape index (κ3) is 3.23. The molecule has 1 aliphatic heterocycles. The lowest BCUT2D eigenvalue weighted by atomic mass is 10.1. The van der Waals surface area contributed by atoms with Gasteiger partial charge in [0.05, 0.1) is 0 Å². The second kappa shape index (κ2) is 5.69. The van der Waals surface area contributed by atoms with Crippen molar-refractivity contribution >= 4 is 0 Å². The molecule has 2 atom stereocenters. The molecule has 0 amide bonds. The van der Waals surface area contributed by atoms with Gasteiger partial charge in [0.2, 0.25) is 0 Å². The van der Waals surface area contributed by atoms with Crippen LogP contribution >= 0.6 is 0 Å². The van der Waals surface area contributed by atoms with Crippen molar-refractivity contribution in [3.8, 4) is 0 Å². The van der Waals surface area contributed by atoms with Gasteiger partial charge in [-0.25, -0.2) is 0 Å². The van der Waals surface area contributed by atoms with Crippen LogP contribution in [0.15, 0.2) is 0 Å². The minimum absolute atomic E-state index is 0.681. The molecular weight excluding hydrogens is 174 g/mol. The number of nitrogens with one attached hydrogen (secondary N) is 1. The van der Waals surface area contributed by atoms with Crippen LogP contribution in [0.2, 0.25) is 0 Å². The van der Waals surface area contributed by atoms with Gasteiger partial charge in [-0.3, -0.25) is 4.90 Å². The zero-order chi connectivity index (χ0) is 10.6. The fourth-order valence-electron chi connectivity index (χ4n) is 2.51. The van der Waals surface area contributed by atoms with Crippen molar-refractivity contribution in [3.63, 3.8) is 0 Å². The van der Waals surface area contributed by atoms with Crippen LogP contribution in [0.1, 0.15) is 13.8 Å². The number of hydrogen-bond acceptors (Lipinski definition) is 3. The second-order valence-corrected chi connectivity index (χ2v) is 4.63. The number of likely N-dealkylation sites (N-methyl/N-ethyl adjacent to an activating group) is 3. The van der Waals surface area contributed by atoms with Crippen LogP contribution < -0.4 is 5.32 Å². The first kappa shape index (κ1) is 12.0. The van der Waals surface area contributed by atoms with Crippen molar-refractivity contribution in [2.45, 2.75) is 19.9 Å². The summed E-state index contributed by atoms with van der Waals surface area (Å²) in [6.07, 6.45) is 0. The Morgan fingerprint density at radius 1 is 1.29 bits per heavy atom. The second-order valence-electron chi connectivity index (χ2n) is 4.63. The van der Waals surface area contributed by atoms with Crippen LogP contribution in [-0.4, -0.2) is 62.7 Å². The Morgan fingerprint density at radius 2 is 2.00 bits per heavy atom. The van der Waals surface area contributed by atoms with E-state index in [4.69, 9.17) is 0 Å². The van der Waals surface area contributed by atoms with Crippen molar-refractivity contribution in [1.82, 2.24) is 15.1 Å². The maximum Gasteiger partial charge on any atom is 0.0347 e. The molecule has 0 saturated carbocycles. The minimum atomic E-state index is 0.681. The molecule has 1 heterocycles. The van der Waals surface area contributed by atoms with E-state index in [0.717, 1.165) is 12.5 Å². The third-order valence-electron chi connectivity index (χ3n) is 3.05. The predicted molar refractivity (Wildman–Crippen MR) is 61.6 cm³/mol. The summed E-state index contributed by atoms with van der Waals surface area (Å²) in [5.41, 5.74) is 0. The zero-order valence-electron chi connectivity index (χ0n) is 10.1. The van der Waals surface area contributed by atoms with Crippen molar-refractivity contribution in [2.24, 2.45) is 5.92 Å². The molecule has 1 saturated heterocycles. The minimum Gasteiger partial charge on any atom is -0.318 e. The molecule has 3 nitrogen and oxygen atoms in total. The number of hydrogen-bond donors (Lipinski definition) is 1. The van der Waals surface area contributed by atoms with Gasteiger partial charge in [-0.2, -0.15) is 0 Å². The van der Waals surface area contributed by atoms with Gasteiger partial charge in [0.1, 0.15) is 0 Å². The van der Waals surface area contributed by atoms with E-state index in [9.17, 15) is 0 Å². The van der Waals surface area contributed by atoms with Gasteiger partial charge in [-0.15, -0.1) is 0 Å². The summed E-state index contributed by atoms with van der Waals surface area (Å²) >= 11 is 0. The van der Waals surface area contributed by atoms with Gasteiger partial charge < -0.3 is 10.2 Å². The van der Waals surface area contributed by atoms with Crippen molar-refractivity contribution < 1.29 is 0 Å². The predicted octanol–water partition coefficient (Wildman–Crippen LogP) is 0.478. The average Bonchev–Trinajstić information content (AvgIpc) is 2.25. The first-order valence-electron chi connectivity index (χ1n) is 5.74. The molecule has 0 aromatic heterocycles. The molecule has 2 unspecified atom stereocenters. The molecule has 0 aliphatic carbocycles. The Balaban J connectivity index is 2.59. The molecule has 0 aromatic carbocycles. The maximum absolute atomic E-state index is 3.30. The summed E-state index contributed by atoms with van der Waals surface area (Å²) < 4.78 is 0. The quantitative estimate of drug-likeness (QED) is 0.713. The van der Waals surface area contributed by atoms with Gasteiger partial charge >= 0.3 is 0 Å². The molecule has 84 valence electrons. The summed E-state index contributed by atoms with van der Waals surface area (Å²) in [6, 6.07) is 0.681. The topological polar surface area (TPSA) is 18.5 Å². The number of nitrogens with zero attached hydrogens (tertiary/aromatic N) is 2. The first-order chi connectivity index (χ1) is 6.67. The molecule has 0 aromatic rings. The summed E-state index contributed by atoms with van der Waals surface area (Å²) in [5.74, 6) is 0.793. The fraction of sp³-hybridized carbons (Fsp3) is 1.00. The maximum atomic E-state index is 3.30. The van der Waals surface area contributed by atoms with E-state index in [1.165, 1.54) is 26.2 Å². The summed E-state index contributed by atoms with van der Waals surface area (Å²) in [7, 11) is 4.28. The fourth-order valence-corrected chi connectivity index (χ4v) is 2.51. The molecule has 0 bridgehead atoms. The van der Waals surface area contributed by atoms with Gasteiger partial charge in [0, 0.05) is 32.2 Å². The lowest BCUT2D eigenvalue weighted by Gasteiger charge is -2.30. The van der Waals surface area contributed by atoms with Crippen LogP contribution in [0.3, 0.4) is 0 Å². The average molecular weight is 199 g/mol. The van der Waals surface area contributed by atoms with Crippen molar-refractivity contribution in [1.29, 1.82) is 0 Å². The Labute approximate surface area is 88.5 Å². The van der Waals surface area contributed by atoms with Crippen LogP contribution in [0.25, 0.3) is 0 Å². The molecule has 14 heavy (non-hydrogen) atoms. The Kier molecular flexibility index (Phi) is 4.85. The highest BCUT2D eigenvalue weighted by atomic mass is 15.2. The largest absolute Gasteiger partial charge is 0.318 e. The van der Waals surface area contributed by atoms with Gasteiger partial charge in [-0.05, 0) is 26.6 Å². The van der Waals surface area contributed by atoms with E-state index in [1.807, 2.05) is 7.05 Å². The van der Waals surface area contributed by atoms with Gasteiger partial charge in [0.25, 0.3) is 0 Å². The summed E-state index contributed by atoms with van der Waals surface area (Å²) in [4.78, 5) is 5.06. The monoisotopic (exact) mass is 199 g/mol. The Bertz CT molecular complexity index is 161. The molecule has 1 N–H and O–H groups in total. The Hall–Kier alpha value is -0.120. The number of rotatable bonds is 3. The van der Waals surface area contributed by atoms with E-state index < -0.39 is 0 Å². The van der Waals surface area contributed by atoms with Crippen LogP contribution in [0, 0.1) is 5.92 Å². The summed E-state index contributed by atoms with van der Waals surface area (Å²) in [6.45, 7) is 10.6. The highest BCUT2D eigenvalue weighted by Gasteiger charge is 2.24. The molecule has 0 radical (unpaired) electrons. The molecule has 1 aliphatic rings. The Morgan fingerprint density at radius 3 is 2.57 bits per heavy atom. The van der Waals surface area contributed by atoms with E-state index in [-0.39, 0.29) is 0 Å². The smallest absolute Gasteiger partial charge is 0.0347 e. The van der Waals surface area contributed by atoms with Crippen LogP contribution in [0.4, 0.5) is 0 Å². The van der Waals surface area contributed by atoms with Crippen LogP contribution in [-0.2, 0) is 0 Å². The lowest BCUT2D eigenvalue weighted by molar-refractivity contribution is 0.189. The van der Waals surface area contributed by atoms with E-state index >= 15 is 0 Å². The molecule has 1 fully saturated rings. The summed E-state index contributed by atoms with van der Waals surface area (Å²) in [5, 5.41) is 3.30. The lowest BCUT2D eigenvalue weighted by Crippen LogP contribution is -2.45. The van der Waals surface area contributed by atoms with Gasteiger partial charge in [0.15, 0.2) is 0 Å². The highest BCUT2D eigenvalue weighted by molar-refractivity contribution is 4.81. The first-order valence-corrected chi connectivity index (χ1v) is 5.74. The van der Waals surface area contributed by atoms with Crippen molar-refractivity contribution in [2.75, 3.05) is 46.8 Å². The van der Waals surface area contributed by atoms with E-state index in [2.05, 4.69) is 36.0 Å². The molecule has 3 heteroatoms. The molecule has 1 rings (SSSR count). The highest BCUT2D eigenvalue weighted by Crippen LogP contribution is 2.12. The molecule has 0 spiro atoms. The van der Waals surface area contributed by atoms with Crippen LogP contribution in [0.5, 0.6) is 0 Å². The van der Waals surface area contributed by atoms with Crippen molar-refractivity contribution in [3.05, 3.63) is 0 Å². The standard InChI is InChI=1S/C11H25N3/c1-5-14-8-10(2)7-13(4)9-11(14)6-12-3/h10-12H,5-9H2,1-4H3. The van der Waals surface area contributed by atoms with E-state index in [0.29, 0.717) is 6.04 Å². The van der Waals surface area contributed by atoms with Gasteiger partial charge in [-0.1, -0.05) is 13.8 Å².